The van der Waals surface area contributed by atoms with E-state index in [9.17, 15) is 9.59 Å². The first kappa shape index (κ1) is 19.4. The smallest absolute Gasteiger partial charge is 0.349 e. The molecule has 1 amide bonds. The predicted octanol–water partition coefficient (Wildman–Crippen LogP) is 2.58. The number of benzene rings is 1. The SMILES string of the molecule is O=C(CSc1nc(=O)n(Cc2ccccn2)c2c1CCC2)NCc1ccccc1. The van der Waals surface area contributed by atoms with Crippen molar-refractivity contribution in [3.05, 3.63) is 87.7 Å². The molecular formula is C22H22N4O2S. The Morgan fingerprint density at radius 3 is 2.72 bits per heavy atom. The largest absolute Gasteiger partial charge is 0.351 e. The summed E-state index contributed by atoms with van der Waals surface area (Å²) in [6, 6.07) is 15.5. The summed E-state index contributed by atoms with van der Waals surface area (Å²) in [5, 5.41) is 3.61. The molecule has 7 heteroatoms. The van der Waals surface area contributed by atoms with E-state index in [1.807, 2.05) is 48.5 Å². The number of rotatable bonds is 7. The first-order valence-corrected chi connectivity index (χ1v) is 10.6. The number of pyridine rings is 1. The van der Waals surface area contributed by atoms with Crippen LogP contribution in [0.3, 0.4) is 0 Å². The fourth-order valence-corrected chi connectivity index (χ4v) is 4.41. The Morgan fingerprint density at radius 2 is 1.93 bits per heavy atom. The summed E-state index contributed by atoms with van der Waals surface area (Å²) in [5.74, 6) is 0.181. The van der Waals surface area contributed by atoms with Gasteiger partial charge in [0, 0.05) is 24.0 Å². The van der Waals surface area contributed by atoms with Crippen LogP contribution in [0.25, 0.3) is 0 Å². The number of carbonyl (C=O) groups excluding carboxylic acids is 1. The summed E-state index contributed by atoms with van der Waals surface area (Å²) in [6.45, 7) is 0.926. The van der Waals surface area contributed by atoms with Crippen LogP contribution in [0.2, 0.25) is 0 Å². The van der Waals surface area contributed by atoms with Crippen LogP contribution in [-0.4, -0.2) is 26.2 Å². The quantitative estimate of drug-likeness (QED) is 0.482. The number of amides is 1. The van der Waals surface area contributed by atoms with Crippen molar-refractivity contribution in [1.29, 1.82) is 0 Å². The van der Waals surface area contributed by atoms with Crippen molar-refractivity contribution in [3.63, 3.8) is 0 Å². The van der Waals surface area contributed by atoms with Gasteiger partial charge in [-0.25, -0.2) is 4.79 Å². The molecule has 29 heavy (non-hydrogen) atoms. The molecule has 1 aromatic carbocycles. The molecule has 4 rings (SSSR count). The highest BCUT2D eigenvalue weighted by Gasteiger charge is 2.22. The lowest BCUT2D eigenvalue weighted by molar-refractivity contribution is -0.118. The Hall–Kier alpha value is -2.93. The molecule has 0 aliphatic heterocycles. The fourth-order valence-electron chi connectivity index (χ4n) is 3.50. The van der Waals surface area contributed by atoms with Crippen molar-refractivity contribution in [1.82, 2.24) is 19.9 Å². The lowest BCUT2D eigenvalue weighted by Gasteiger charge is -2.14. The third kappa shape index (κ3) is 4.74. The maximum absolute atomic E-state index is 12.7. The molecule has 1 N–H and O–H groups in total. The predicted molar refractivity (Wildman–Crippen MR) is 113 cm³/mol. The molecule has 1 aliphatic rings. The van der Waals surface area contributed by atoms with E-state index in [0.717, 1.165) is 41.8 Å². The Bertz CT molecular complexity index is 1050. The third-order valence-corrected chi connectivity index (χ3v) is 5.94. The Labute approximate surface area is 173 Å². The summed E-state index contributed by atoms with van der Waals surface area (Å²) in [7, 11) is 0. The minimum atomic E-state index is -0.275. The van der Waals surface area contributed by atoms with Gasteiger partial charge >= 0.3 is 5.69 Å². The zero-order valence-corrected chi connectivity index (χ0v) is 16.8. The van der Waals surface area contributed by atoms with Crippen molar-refractivity contribution in [2.24, 2.45) is 0 Å². The molecule has 3 aromatic rings. The summed E-state index contributed by atoms with van der Waals surface area (Å²) in [4.78, 5) is 33.5. The van der Waals surface area contributed by atoms with Crippen molar-refractivity contribution in [2.75, 3.05) is 5.75 Å². The van der Waals surface area contributed by atoms with Crippen molar-refractivity contribution in [2.45, 2.75) is 37.4 Å². The minimum absolute atomic E-state index is 0.0648. The Morgan fingerprint density at radius 1 is 1.10 bits per heavy atom. The van der Waals surface area contributed by atoms with Crippen molar-refractivity contribution < 1.29 is 4.79 Å². The molecule has 0 unspecified atom stereocenters. The third-order valence-electron chi connectivity index (χ3n) is 4.92. The molecule has 0 bridgehead atoms. The number of thioether (sulfide) groups is 1. The van der Waals surface area contributed by atoms with E-state index >= 15 is 0 Å². The van der Waals surface area contributed by atoms with Crippen LogP contribution in [0.15, 0.2) is 64.5 Å². The molecule has 0 atom stereocenters. The molecule has 1 aliphatic carbocycles. The van der Waals surface area contributed by atoms with Crippen molar-refractivity contribution in [3.8, 4) is 0 Å². The Balaban J connectivity index is 1.44. The second kappa shape index (κ2) is 9.05. The van der Waals surface area contributed by atoms with Gasteiger partial charge in [0.15, 0.2) is 0 Å². The van der Waals surface area contributed by atoms with Gasteiger partial charge in [0.1, 0.15) is 5.03 Å². The second-order valence-corrected chi connectivity index (χ2v) is 7.90. The lowest BCUT2D eigenvalue weighted by Crippen LogP contribution is -2.29. The van der Waals surface area contributed by atoms with Gasteiger partial charge in [0.2, 0.25) is 5.91 Å². The molecule has 0 spiro atoms. The van der Waals surface area contributed by atoms with Gasteiger partial charge < -0.3 is 5.32 Å². The molecule has 6 nitrogen and oxygen atoms in total. The van der Waals surface area contributed by atoms with Gasteiger partial charge in [-0.15, -0.1) is 0 Å². The summed E-state index contributed by atoms with van der Waals surface area (Å²) < 4.78 is 1.73. The van der Waals surface area contributed by atoms with Crippen LogP contribution < -0.4 is 11.0 Å². The first-order valence-electron chi connectivity index (χ1n) is 9.66. The maximum Gasteiger partial charge on any atom is 0.349 e. The molecular weight excluding hydrogens is 384 g/mol. The summed E-state index contributed by atoms with van der Waals surface area (Å²) in [6.07, 6.45) is 4.47. The molecule has 0 saturated carbocycles. The van der Waals surface area contributed by atoms with E-state index in [1.165, 1.54) is 11.8 Å². The lowest BCUT2D eigenvalue weighted by atomic mass is 10.2. The van der Waals surface area contributed by atoms with Crippen LogP contribution in [0.5, 0.6) is 0 Å². The number of aromatic nitrogens is 3. The number of hydrogen-bond acceptors (Lipinski definition) is 5. The van der Waals surface area contributed by atoms with E-state index in [4.69, 9.17) is 0 Å². The zero-order valence-electron chi connectivity index (χ0n) is 16.0. The molecule has 2 aromatic heterocycles. The average Bonchev–Trinajstić information content (AvgIpc) is 3.24. The average molecular weight is 407 g/mol. The molecule has 2 heterocycles. The molecule has 0 saturated heterocycles. The number of hydrogen-bond donors (Lipinski definition) is 1. The Kier molecular flexibility index (Phi) is 6.05. The van der Waals surface area contributed by atoms with E-state index in [1.54, 1.807) is 10.8 Å². The highest BCUT2D eigenvalue weighted by Crippen LogP contribution is 2.29. The van der Waals surface area contributed by atoms with Crippen LogP contribution in [0, 0.1) is 0 Å². The van der Waals surface area contributed by atoms with E-state index in [0.29, 0.717) is 18.1 Å². The number of nitrogens with one attached hydrogen (secondary N) is 1. The van der Waals surface area contributed by atoms with Crippen LogP contribution in [0.4, 0.5) is 0 Å². The zero-order chi connectivity index (χ0) is 20.1. The molecule has 0 fully saturated rings. The maximum atomic E-state index is 12.7. The van der Waals surface area contributed by atoms with Gasteiger partial charge in [-0.3, -0.25) is 14.3 Å². The standard InChI is InChI=1S/C22H22N4O2S/c27-20(24-13-16-7-2-1-3-8-16)15-29-21-18-10-6-11-19(18)26(22(28)25-21)14-17-9-4-5-12-23-17/h1-5,7-9,12H,6,10-11,13-15H2,(H,24,27). The number of nitrogens with zero attached hydrogens (tertiary/aromatic N) is 3. The van der Waals surface area contributed by atoms with Crippen LogP contribution in [-0.2, 0) is 30.7 Å². The summed E-state index contributed by atoms with van der Waals surface area (Å²) >= 11 is 1.35. The first-order chi connectivity index (χ1) is 14.2. The summed E-state index contributed by atoms with van der Waals surface area (Å²) in [5.41, 5.74) is 3.75. The van der Waals surface area contributed by atoms with Gasteiger partial charge in [0.25, 0.3) is 0 Å². The van der Waals surface area contributed by atoms with Crippen LogP contribution >= 0.6 is 11.8 Å². The highest BCUT2D eigenvalue weighted by molar-refractivity contribution is 7.99. The van der Waals surface area contributed by atoms with Crippen molar-refractivity contribution >= 4 is 17.7 Å². The van der Waals surface area contributed by atoms with Gasteiger partial charge in [-0.2, -0.15) is 4.98 Å². The number of fused-ring (bicyclic) bond motifs is 1. The van der Waals surface area contributed by atoms with Gasteiger partial charge in [0.05, 0.1) is 18.0 Å². The topological polar surface area (TPSA) is 76.9 Å². The van der Waals surface area contributed by atoms with E-state index in [-0.39, 0.29) is 17.3 Å². The van der Waals surface area contributed by atoms with Gasteiger partial charge in [-0.05, 0) is 37.0 Å². The molecule has 0 radical (unpaired) electrons. The molecule has 148 valence electrons. The normalized spacial score (nSPS) is 12.6. The van der Waals surface area contributed by atoms with E-state index < -0.39 is 0 Å². The van der Waals surface area contributed by atoms with E-state index in [2.05, 4.69) is 15.3 Å². The minimum Gasteiger partial charge on any atom is -0.351 e. The highest BCUT2D eigenvalue weighted by atomic mass is 32.2. The second-order valence-electron chi connectivity index (χ2n) is 6.94. The van der Waals surface area contributed by atoms with Crippen LogP contribution in [0.1, 0.15) is 28.9 Å². The monoisotopic (exact) mass is 406 g/mol. The number of carbonyl (C=O) groups is 1. The van der Waals surface area contributed by atoms with Gasteiger partial charge in [-0.1, -0.05) is 48.2 Å². The fraction of sp³-hybridized carbons (Fsp3) is 0.273.